The summed E-state index contributed by atoms with van der Waals surface area (Å²) < 4.78 is 5.52. The van der Waals surface area contributed by atoms with Crippen molar-refractivity contribution in [3.63, 3.8) is 0 Å². The minimum Gasteiger partial charge on any atom is -0.496 e. The average molecular weight is 217 g/mol. The van der Waals surface area contributed by atoms with Gasteiger partial charge in [0.05, 0.1) is 7.11 Å². The fourth-order valence-corrected chi connectivity index (χ4v) is 3.16. The zero-order valence-corrected chi connectivity index (χ0v) is 10.0. The molecule has 86 valence electrons. The Labute approximate surface area is 96.8 Å². The molecule has 2 saturated carbocycles. The van der Waals surface area contributed by atoms with Gasteiger partial charge in [0.1, 0.15) is 5.75 Å². The molecule has 2 aliphatic rings. The molecule has 0 bridgehead atoms. The molecule has 0 unspecified atom stereocenters. The van der Waals surface area contributed by atoms with E-state index in [9.17, 15) is 0 Å². The van der Waals surface area contributed by atoms with Crippen LogP contribution in [0.4, 0.5) is 0 Å². The van der Waals surface area contributed by atoms with Crippen molar-refractivity contribution in [3.05, 3.63) is 29.3 Å². The topological polar surface area (TPSA) is 35.2 Å². The minimum atomic E-state index is 0.0619. The summed E-state index contributed by atoms with van der Waals surface area (Å²) in [5.41, 5.74) is 9.44. The summed E-state index contributed by atoms with van der Waals surface area (Å²) in [6.45, 7) is 2.17. The Morgan fingerprint density at radius 2 is 1.88 bits per heavy atom. The lowest BCUT2D eigenvalue weighted by Crippen LogP contribution is -2.38. The van der Waals surface area contributed by atoms with Crippen LogP contribution in [0.5, 0.6) is 5.75 Å². The van der Waals surface area contributed by atoms with Crippen LogP contribution >= 0.6 is 0 Å². The summed E-state index contributed by atoms with van der Waals surface area (Å²) in [4.78, 5) is 0. The molecular weight excluding hydrogens is 198 g/mol. The maximum Gasteiger partial charge on any atom is 0.122 e. The Kier molecular flexibility index (Phi) is 1.91. The fourth-order valence-electron chi connectivity index (χ4n) is 3.16. The van der Waals surface area contributed by atoms with Crippen LogP contribution in [0.15, 0.2) is 18.2 Å². The highest BCUT2D eigenvalue weighted by Gasteiger charge is 2.65. The van der Waals surface area contributed by atoms with Gasteiger partial charge in [0.25, 0.3) is 0 Å². The van der Waals surface area contributed by atoms with Crippen LogP contribution in [0.3, 0.4) is 0 Å². The van der Waals surface area contributed by atoms with Gasteiger partial charge in [0.15, 0.2) is 0 Å². The van der Waals surface area contributed by atoms with Crippen LogP contribution < -0.4 is 10.5 Å². The van der Waals surface area contributed by atoms with Gasteiger partial charge in [0.2, 0.25) is 0 Å². The van der Waals surface area contributed by atoms with Gasteiger partial charge in [-0.25, -0.2) is 0 Å². The summed E-state index contributed by atoms with van der Waals surface area (Å²) in [5.74, 6) is 1.02. The predicted octanol–water partition coefficient (Wildman–Crippen LogP) is 2.53. The third-order valence-electron chi connectivity index (χ3n) is 4.42. The summed E-state index contributed by atoms with van der Waals surface area (Å²) in [5, 5.41) is 0. The second-order valence-electron chi connectivity index (χ2n) is 5.39. The van der Waals surface area contributed by atoms with Gasteiger partial charge in [0, 0.05) is 16.5 Å². The predicted molar refractivity (Wildman–Crippen MR) is 64.8 cm³/mol. The van der Waals surface area contributed by atoms with E-state index in [0.29, 0.717) is 0 Å². The van der Waals surface area contributed by atoms with E-state index < -0.39 is 0 Å². The molecule has 1 aromatic carbocycles. The van der Waals surface area contributed by atoms with Crippen LogP contribution in [0.25, 0.3) is 0 Å². The summed E-state index contributed by atoms with van der Waals surface area (Å²) in [6, 6.07) is 6.29. The first-order chi connectivity index (χ1) is 7.63. The van der Waals surface area contributed by atoms with E-state index in [0.717, 1.165) is 5.75 Å². The Balaban J connectivity index is 2.13. The van der Waals surface area contributed by atoms with E-state index >= 15 is 0 Å². The highest BCUT2D eigenvalue weighted by molar-refractivity contribution is 5.52. The fraction of sp³-hybridized carbons (Fsp3) is 0.571. The second-order valence-corrected chi connectivity index (χ2v) is 5.39. The summed E-state index contributed by atoms with van der Waals surface area (Å²) >= 11 is 0. The molecule has 3 rings (SSSR count). The van der Waals surface area contributed by atoms with Crippen molar-refractivity contribution in [3.8, 4) is 5.75 Å². The maximum atomic E-state index is 6.46. The molecule has 16 heavy (non-hydrogen) atoms. The first-order valence-electron chi connectivity index (χ1n) is 6.06. The lowest BCUT2D eigenvalue weighted by atomic mass is 9.83. The van der Waals surface area contributed by atoms with Crippen molar-refractivity contribution in [1.82, 2.24) is 0 Å². The molecular formula is C14H19NO. The van der Waals surface area contributed by atoms with E-state index in [1.54, 1.807) is 7.11 Å². The van der Waals surface area contributed by atoms with Gasteiger partial charge in [-0.15, -0.1) is 0 Å². The van der Waals surface area contributed by atoms with E-state index in [1.165, 1.54) is 36.8 Å². The van der Waals surface area contributed by atoms with Crippen LogP contribution in [-0.4, -0.2) is 12.6 Å². The second kappa shape index (κ2) is 3.01. The van der Waals surface area contributed by atoms with Gasteiger partial charge >= 0.3 is 0 Å². The first kappa shape index (κ1) is 10.2. The summed E-state index contributed by atoms with van der Waals surface area (Å²) in [6.07, 6.45) is 4.80. The van der Waals surface area contributed by atoms with Crippen LogP contribution in [-0.2, 0) is 5.41 Å². The minimum absolute atomic E-state index is 0.0619. The van der Waals surface area contributed by atoms with Crippen molar-refractivity contribution in [1.29, 1.82) is 0 Å². The number of methoxy groups -OCH3 is 1. The molecule has 2 nitrogen and oxygen atoms in total. The summed E-state index contributed by atoms with van der Waals surface area (Å²) in [7, 11) is 1.75. The standard InChI is InChI=1S/C14H19NO/c1-10-4-3-5-11(16-2)12(10)13(6-7-13)14(15)8-9-14/h3-5H,6-9,15H2,1-2H3. The third kappa shape index (κ3) is 1.17. The molecule has 2 heteroatoms. The molecule has 2 fully saturated rings. The maximum absolute atomic E-state index is 6.46. The molecule has 0 aromatic heterocycles. The normalized spacial score (nSPS) is 23.9. The van der Waals surface area contributed by atoms with Crippen molar-refractivity contribution in [2.75, 3.05) is 7.11 Å². The largest absolute Gasteiger partial charge is 0.496 e. The van der Waals surface area contributed by atoms with Gasteiger partial charge < -0.3 is 10.5 Å². The number of hydrogen-bond donors (Lipinski definition) is 1. The van der Waals surface area contributed by atoms with E-state index in [2.05, 4.69) is 25.1 Å². The molecule has 2 N–H and O–H groups in total. The van der Waals surface area contributed by atoms with Crippen molar-refractivity contribution in [2.24, 2.45) is 5.73 Å². The number of rotatable bonds is 3. The lowest BCUT2D eigenvalue weighted by molar-refractivity contribution is 0.392. The zero-order valence-electron chi connectivity index (χ0n) is 10.0. The van der Waals surface area contributed by atoms with E-state index in [-0.39, 0.29) is 11.0 Å². The molecule has 0 aliphatic heterocycles. The number of benzene rings is 1. The van der Waals surface area contributed by atoms with Gasteiger partial charge in [-0.3, -0.25) is 0 Å². The zero-order chi connectivity index (χ0) is 11.4. The van der Waals surface area contributed by atoms with Crippen molar-refractivity contribution >= 4 is 0 Å². The Bertz CT molecular complexity index is 430. The van der Waals surface area contributed by atoms with Crippen LogP contribution in [0.1, 0.15) is 36.8 Å². The molecule has 2 aliphatic carbocycles. The SMILES string of the molecule is COc1cccc(C)c1C1(C2(N)CC2)CC1. The molecule has 0 amide bonds. The van der Waals surface area contributed by atoms with Gasteiger partial charge in [-0.1, -0.05) is 12.1 Å². The number of ether oxygens (including phenoxy) is 1. The molecule has 0 saturated heterocycles. The third-order valence-corrected chi connectivity index (χ3v) is 4.42. The molecule has 0 atom stereocenters. The van der Waals surface area contributed by atoms with Crippen LogP contribution in [0, 0.1) is 6.92 Å². The lowest BCUT2D eigenvalue weighted by Gasteiger charge is -2.27. The number of aryl methyl sites for hydroxylation is 1. The number of nitrogens with two attached hydrogens (primary N) is 1. The van der Waals surface area contributed by atoms with E-state index in [4.69, 9.17) is 10.5 Å². The smallest absolute Gasteiger partial charge is 0.122 e. The molecule has 1 aromatic rings. The molecule has 0 heterocycles. The number of hydrogen-bond acceptors (Lipinski definition) is 2. The highest BCUT2D eigenvalue weighted by atomic mass is 16.5. The Morgan fingerprint density at radius 1 is 1.19 bits per heavy atom. The Morgan fingerprint density at radius 3 is 2.38 bits per heavy atom. The molecule has 0 spiro atoms. The quantitative estimate of drug-likeness (QED) is 0.844. The monoisotopic (exact) mass is 217 g/mol. The first-order valence-corrected chi connectivity index (χ1v) is 6.06. The van der Waals surface area contributed by atoms with Gasteiger partial charge in [-0.2, -0.15) is 0 Å². The average Bonchev–Trinajstić information content (AvgIpc) is 3.14. The van der Waals surface area contributed by atoms with Crippen molar-refractivity contribution < 1.29 is 4.74 Å². The van der Waals surface area contributed by atoms with E-state index in [1.807, 2.05) is 0 Å². The van der Waals surface area contributed by atoms with Crippen LogP contribution in [0.2, 0.25) is 0 Å². The van der Waals surface area contributed by atoms with Crippen molar-refractivity contribution in [2.45, 2.75) is 43.6 Å². The van der Waals surface area contributed by atoms with Gasteiger partial charge in [-0.05, 0) is 44.2 Å². The Hall–Kier alpha value is -1.02. The highest BCUT2D eigenvalue weighted by Crippen LogP contribution is 2.65. The molecule has 0 radical (unpaired) electrons.